The van der Waals surface area contributed by atoms with Crippen molar-refractivity contribution < 1.29 is 14.7 Å². The predicted octanol–water partition coefficient (Wildman–Crippen LogP) is 2.44. The number of benzene rings is 1. The lowest BCUT2D eigenvalue weighted by Crippen LogP contribution is -2.42. The Kier molecular flexibility index (Phi) is 4.46. The molecule has 2 aromatic rings. The number of hydrogen-bond acceptors (Lipinski definition) is 4. The number of carbonyl (C=O) groups excluding carboxylic acids is 1. The number of nitrogens with zero attached hydrogens (tertiary/aromatic N) is 2. The number of para-hydroxylation sites is 1. The summed E-state index contributed by atoms with van der Waals surface area (Å²) in [6.45, 7) is 0. The van der Waals surface area contributed by atoms with E-state index in [0.29, 0.717) is 11.4 Å². The van der Waals surface area contributed by atoms with Crippen molar-refractivity contribution in [1.82, 2.24) is 10.3 Å². The summed E-state index contributed by atoms with van der Waals surface area (Å²) < 4.78 is 0. The van der Waals surface area contributed by atoms with Crippen LogP contribution in [-0.2, 0) is 4.79 Å². The van der Waals surface area contributed by atoms with Crippen LogP contribution < -0.4 is 10.2 Å². The Bertz CT molecular complexity index is 727. The number of carbonyl (C=O) groups is 2. The molecule has 1 aromatic heterocycles. The Hall–Kier alpha value is -2.89. The maximum atomic E-state index is 12.2. The third kappa shape index (κ3) is 3.53. The Morgan fingerprint density at radius 3 is 2.46 bits per heavy atom. The molecular weight excluding hydrogens is 306 g/mol. The number of hydrogen-bond donors (Lipinski definition) is 2. The molecule has 0 saturated heterocycles. The molecule has 1 aromatic carbocycles. The fourth-order valence-electron chi connectivity index (χ4n) is 2.54. The first-order chi connectivity index (χ1) is 11.6. The molecule has 1 aliphatic carbocycles. The van der Waals surface area contributed by atoms with Gasteiger partial charge < -0.3 is 15.3 Å². The smallest absolute Gasteiger partial charge is 0.326 e. The Labute approximate surface area is 140 Å². The number of anilines is 2. The lowest BCUT2D eigenvalue weighted by atomic mass is 10.1. The number of carboxylic acids is 1. The van der Waals surface area contributed by atoms with Crippen molar-refractivity contribution in [2.24, 2.45) is 5.92 Å². The van der Waals surface area contributed by atoms with Crippen LogP contribution >= 0.6 is 0 Å². The first-order valence-electron chi connectivity index (χ1n) is 7.85. The highest BCUT2D eigenvalue weighted by Gasteiger charge is 2.37. The zero-order chi connectivity index (χ0) is 17.1. The number of amides is 1. The van der Waals surface area contributed by atoms with Crippen LogP contribution in [0.3, 0.4) is 0 Å². The van der Waals surface area contributed by atoms with Crippen LogP contribution in [0.4, 0.5) is 11.5 Å². The van der Waals surface area contributed by atoms with E-state index in [9.17, 15) is 14.7 Å². The lowest BCUT2D eigenvalue weighted by molar-refractivity contribution is -0.139. The van der Waals surface area contributed by atoms with Crippen molar-refractivity contribution >= 4 is 23.4 Å². The van der Waals surface area contributed by atoms with Gasteiger partial charge in [0.15, 0.2) is 0 Å². The van der Waals surface area contributed by atoms with Gasteiger partial charge in [0.05, 0.1) is 5.56 Å². The molecule has 124 valence electrons. The maximum Gasteiger partial charge on any atom is 0.326 e. The minimum Gasteiger partial charge on any atom is -0.480 e. The quantitative estimate of drug-likeness (QED) is 0.852. The lowest BCUT2D eigenvalue weighted by Gasteiger charge is -2.18. The topological polar surface area (TPSA) is 82.5 Å². The highest BCUT2D eigenvalue weighted by atomic mass is 16.4. The van der Waals surface area contributed by atoms with Gasteiger partial charge in [-0.3, -0.25) is 4.79 Å². The van der Waals surface area contributed by atoms with Gasteiger partial charge in [-0.1, -0.05) is 18.2 Å². The van der Waals surface area contributed by atoms with Gasteiger partial charge in [-0.2, -0.15) is 0 Å². The highest BCUT2D eigenvalue weighted by molar-refractivity contribution is 5.96. The van der Waals surface area contributed by atoms with E-state index in [1.165, 1.54) is 6.20 Å². The van der Waals surface area contributed by atoms with E-state index in [1.54, 1.807) is 12.1 Å². The van der Waals surface area contributed by atoms with Crippen LogP contribution in [0.15, 0.2) is 48.7 Å². The number of carboxylic acid groups (broad SMARTS) is 1. The molecule has 0 radical (unpaired) electrons. The maximum absolute atomic E-state index is 12.2. The Morgan fingerprint density at radius 1 is 1.21 bits per heavy atom. The Balaban J connectivity index is 1.69. The number of pyridine rings is 1. The molecule has 0 spiro atoms. The van der Waals surface area contributed by atoms with Gasteiger partial charge in [0.25, 0.3) is 5.91 Å². The van der Waals surface area contributed by atoms with Gasteiger partial charge in [0.2, 0.25) is 0 Å². The molecular formula is C18H19N3O3. The summed E-state index contributed by atoms with van der Waals surface area (Å²) in [5.41, 5.74) is 1.34. The van der Waals surface area contributed by atoms with Crippen molar-refractivity contribution in [3.8, 4) is 0 Å². The van der Waals surface area contributed by atoms with Gasteiger partial charge >= 0.3 is 5.97 Å². The first kappa shape index (κ1) is 16.0. The minimum atomic E-state index is -0.987. The summed E-state index contributed by atoms with van der Waals surface area (Å²) in [5, 5.41) is 11.8. The van der Waals surface area contributed by atoms with Crippen LogP contribution in [0.25, 0.3) is 0 Å². The number of aromatic nitrogens is 1. The molecule has 0 aliphatic heterocycles. The van der Waals surface area contributed by atoms with Crippen molar-refractivity contribution in [3.05, 3.63) is 54.2 Å². The normalized spacial score (nSPS) is 14.7. The second-order valence-electron chi connectivity index (χ2n) is 5.93. The van der Waals surface area contributed by atoms with Crippen molar-refractivity contribution in [1.29, 1.82) is 0 Å². The average Bonchev–Trinajstić information content (AvgIpc) is 3.44. The molecule has 3 rings (SSSR count). The zero-order valence-corrected chi connectivity index (χ0v) is 13.3. The minimum absolute atomic E-state index is 0.0443. The molecule has 24 heavy (non-hydrogen) atoms. The van der Waals surface area contributed by atoms with E-state index in [1.807, 2.05) is 42.3 Å². The van der Waals surface area contributed by atoms with E-state index in [2.05, 4.69) is 10.3 Å². The SMILES string of the molecule is CN(c1ccccc1)c1ccc(C(=O)NC(C(=O)O)C2CC2)cn1. The summed E-state index contributed by atoms with van der Waals surface area (Å²) in [5.74, 6) is -0.646. The predicted molar refractivity (Wildman–Crippen MR) is 90.4 cm³/mol. The molecule has 1 unspecified atom stereocenters. The summed E-state index contributed by atoms with van der Waals surface area (Å²) >= 11 is 0. The van der Waals surface area contributed by atoms with Crippen LogP contribution in [0.5, 0.6) is 0 Å². The van der Waals surface area contributed by atoms with Gasteiger partial charge in [-0.25, -0.2) is 9.78 Å². The van der Waals surface area contributed by atoms with Crippen molar-refractivity contribution in [2.75, 3.05) is 11.9 Å². The van der Waals surface area contributed by atoms with E-state index in [4.69, 9.17) is 0 Å². The first-order valence-corrected chi connectivity index (χ1v) is 7.85. The molecule has 1 atom stereocenters. The highest BCUT2D eigenvalue weighted by Crippen LogP contribution is 2.32. The Morgan fingerprint density at radius 2 is 1.92 bits per heavy atom. The fraction of sp³-hybridized carbons (Fsp3) is 0.278. The van der Waals surface area contributed by atoms with E-state index in [-0.39, 0.29) is 5.92 Å². The van der Waals surface area contributed by atoms with Crippen LogP contribution in [0.1, 0.15) is 23.2 Å². The summed E-state index contributed by atoms with van der Waals surface area (Å²) in [6.07, 6.45) is 3.16. The molecule has 2 N–H and O–H groups in total. The monoisotopic (exact) mass is 325 g/mol. The molecule has 1 aliphatic rings. The van der Waals surface area contributed by atoms with Gasteiger partial charge in [0, 0.05) is 18.9 Å². The summed E-state index contributed by atoms with van der Waals surface area (Å²) in [6, 6.07) is 12.3. The third-order valence-electron chi connectivity index (χ3n) is 4.14. The molecule has 1 heterocycles. The number of aliphatic carboxylic acids is 1. The molecule has 6 nitrogen and oxygen atoms in total. The van der Waals surface area contributed by atoms with E-state index < -0.39 is 17.9 Å². The van der Waals surface area contributed by atoms with E-state index >= 15 is 0 Å². The van der Waals surface area contributed by atoms with E-state index in [0.717, 1.165) is 18.5 Å². The van der Waals surface area contributed by atoms with Gasteiger partial charge in [-0.05, 0) is 43.0 Å². The summed E-state index contributed by atoms with van der Waals surface area (Å²) in [7, 11) is 1.89. The fourth-order valence-corrected chi connectivity index (χ4v) is 2.54. The largest absolute Gasteiger partial charge is 0.480 e. The third-order valence-corrected chi connectivity index (χ3v) is 4.14. The average molecular weight is 325 g/mol. The second-order valence-corrected chi connectivity index (χ2v) is 5.93. The van der Waals surface area contributed by atoms with Crippen LogP contribution in [0, 0.1) is 5.92 Å². The zero-order valence-electron chi connectivity index (χ0n) is 13.3. The van der Waals surface area contributed by atoms with Crippen LogP contribution in [-0.4, -0.2) is 35.1 Å². The van der Waals surface area contributed by atoms with Crippen LogP contribution in [0.2, 0.25) is 0 Å². The molecule has 0 bridgehead atoms. The molecule has 1 amide bonds. The van der Waals surface area contributed by atoms with Gasteiger partial charge in [-0.15, -0.1) is 0 Å². The number of nitrogens with one attached hydrogen (secondary N) is 1. The van der Waals surface area contributed by atoms with Crippen molar-refractivity contribution in [2.45, 2.75) is 18.9 Å². The second kappa shape index (κ2) is 6.70. The standard InChI is InChI=1S/C18H19N3O3/c1-21(14-5-3-2-4-6-14)15-10-9-13(11-19-15)17(22)20-16(18(23)24)12-7-8-12/h2-6,9-12,16H,7-8H2,1H3,(H,20,22)(H,23,24). The van der Waals surface area contributed by atoms with Gasteiger partial charge in [0.1, 0.15) is 11.9 Å². The number of rotatable bonds is 6. The van der Waals surface area contributed by atoms with Crippen molar-refractivity contribution in [3.63, 3.8) is 0 Å². The molecule has 1 fully saturated rings. The summed E-state index contributed by atoms with van der Waals surface area (Å²) in [4.78, 5) is 29.6. The molecule has 6 heteroatoms. The molecule has 1 saturated carbocycles.